The predicted molar refractivity (Wildman–Crippen MR) is 106 cm³/mol. The lowest BCUT2D eigenvalue weighted by Gasteiger charge is -2.09. The quantitative estimate of drug-likeness (QED) is 0.559. The molecule has 4 aromatic rings. The smallest absolute Gasteiger partial charge is 0.275 e. The number of carbonyl (C=O) groups excluding carboxylic acids is 1. The Bertz CT molecular complexity index is 1190. The Labute approximate surface area is 165 Å². The van der Waals surface area contributed by atoms with Crippen LogP contribution in [0.2, 0.25) is 0 Å². The van der Waals surface area contributed by atoms with Gasteiger partial charge in [0.15, 0.2) is 17.1 Å². The van der Waals surface area contributed by atoms with E-state index in [-0.39, 0.29) is 17.4 Å². The van der Waals surface area contributed by atoms with E-state index in [0.29, 0.717) is 34.1 Å². The van der Waals surface area contributed by atoms with Gasteiger partial charge in [-0.1, -0.05) is 0 Å². The lowest BCUT2D eigenvalue weighted by molar-refractivity contribution is 0.102. The van der Waals surface area contributed by atoms with Gasteiger partial charge in [0.2, 0.25) is 0 Å². The van der Waals surface area contributed by atoms with E-state index < -0.39 is 0 Å². The lowest BCUT2D eigenvalue weighted by atomic mass is 10.1. The van der Waals surface area contributed by atoms with Crippen molar-refractivity contribution >= 4 is 17.2 Å². The molecule has 29 heavy (non-hydrogen) atoms. The van der Waals surface area contributed by atoms with Gasteiger partial charge >= 0.3 is 0 Å². The number of anilines is 1. The van der Waals surface area contributed by atoms with Crippen LogP contribution in [0.1, 0.15) is 10.5 Å². The molecule has 146 valence electrons. The first kappa shape index (κ1) is 18.4. The van der Waals surface area contributed by atoms with E-state index in [2.05, 4.69) is 15.3 Å². The van der Waals surface area contributed by atoms with E-state index in [4.69, 9.17) is 9.47 Å². The molecule has 0 atom stereocenters. The molecule has 0 saturated heterocycles. The van der Waals surface area contributed by atoms with Crippen molar-refractivity contribution in [2.45, 2.75) is 0 Å². The van der Waals surface area contributed by atoms with E-state index >= 15 is 0 Å². The Balaban J connectivity index is 1.65. The summed E-state index contributed by atoms with van der Waals surface area (Å²) in [6, 6.07) is 11.0. The molecule has 2 aromatic heterocycles. The predicted octanol–water partition coefficient (Wildman–Crippen LogP) is 3.80. The van der Waals surface area contributed by atoms with Crippen molar-refractivity contribution in [3.05, 3.63) is 72.6 Å². The lowest BCUT2D eigenvalue weighted by Crippen LogP contribution is -2.12. The molecule has 0 saturated carbocycles. The standard InChI is InChI=1S/C21H17FN4O3/c1-28-17-8-7-15(11-18(17)29-2)24-21(27)16-12-26-10-9-23-19(20(26)25-16)13-3-5-14(22)6-4-13/h3-12H,1-2H3,(H,24,27). The molecule has 0 aliphatic rings. The van der Waals surface area contributed by atoms with Crippen LogP contribution >= 0.6 is 0 Å². The Hall–Kier alpha value is -3.94. The monoisotopic (exact) mass is 392 g/mol. The van der Waals surface area contributed by atoms with Gasteiger partial charge in [0, 0.05) is 35.9 Å². The molecule has 0 bridgehead atoms. The molecular formula is C21H17FN4O3. The zero-order valence-corrected chi connectivity index (χ0v) is 15.7. The van der Waals surface area contributed by atoms with E-state index in [1.54, 1.807) is 60.4 Å². The van der Waals surface area contributed by atoms with Crippen molar-refractivity contribution in [2.24, 2.45) is 0 Å². The number of methoxy groups -OCH3 is 2. The van der Waals surface area contributed by atoms with Gasteiger partial charge in [-0.25, -0.2) is 9.37 Å². The molecule has 0 unspecified atom stereocenters. The zero-order chi connectivity index (χ0) is 20.4. The average Bonchev–Trinajstić information content (AvgIpc) is 3.19. The molecule has 8 heteroatoms. The molecule has 0 fully saturated rings. The fourth-order valence-corrected chi connectivity index (χ4v) is 2.95. The minimum atomic E-state index is -0.383. The van der Waals surface area contributed by atoms with Crippen molar-refractivity contribution < 1.29 is 18.7 Å². The summed E-state index contributed by atoms with van der Waals surface area (Å²) < 4.78 is 25.4. The van der Waals surface area contributed by atoms with Gasteiger partial charge in [-0.3, -0.25) is 9.78 Å². The molecule has 0 aliphatic heterocycles. The number of hydrogen-bond acceptors (Lipinski definition) is 5. The molecule has 4 rings (SSSR count). The molecule has 1 amide bonds. The number of rotatable bonds is 5. The average molecular weight is 392 g/mol. The number of imidazole rings is 1. The van der Waals surface area contributed by atoms with Gasteiger partial charge in [0.05, 0.1) is 14.2 Å². The molecule has 0 aliphatic carbocycles. The first-order chi connectivity index (χ1) is 14.1. The first-order valence-electron chi connectivity index (χ1n) is 8.72. The summed E-state index contributed by atoms with van der Waals surface area (Å²) in [6.45, 7) is 0. The van der Waals surface area contributed by atoms with Crippen LogP contribution in [0.5, 0.6) is 11.5 Å². The van der Waals surface area contributed by atoms with Crippen LogP contribution in [0.3, 0.4) is 0 Å². The molecule has 1 N–H and O–H groups in total. The number of amides is 1. The molecule has 0 radical (unpaired) electrons. The number of benzene rings is 2. The van der Waals surface area contributed by atoms with Crippen LogP contribution in [0.25, 0.3) is 16.9 Å². The summed E-state index contributed by atoms with van der Waals surface area (Å²) >= 11 is 0. The SMILES string of the molecule is COc1ccc(NC(=O)c2cn3ccnc(-c4ccc(F)cc4)c3n2)cc1OC. The third-order valence-electron chi connectivity index (χ3n) is 4.37. The summed E-state index contributed by atoms with van der Waals surface area (Å²) in [6.07, 6.45) is 4.91. The Morgan fingerprint density at radius 2 is 1.83 bits per heavy atom. The van der Waals surface area contributed by atoms with Crippen LogP contribution in [-0.4, -0.2) is 34.5 Å². The van der Waals surface area contributed by atoms with Crippen LogP contribution in [0.4, 0.5) is 10.1 Å². The van der Waals surface area contributed by atoms with Crippen molar-refractivity contribution in [3.63, 3.8) is 0 Å². The van der Waals surface area contributed by atoms with E-state index in [1.165, 1.54) is 19.2 Å². The number of nitrogens with zero attached hydrogens (tertiary/aromatic N) is 3. The Morgan fingerprint density at radius 3 is 2.55 bits per heavy atom. The van der Waals surface area contributed by atoms with E-state index in [9.17, 15) is 9.18 Å². The summed E-state index contributed by atoms with van der Waals surface area (Å²) in [5, 5.41) is 2.79. The molecule has 0 spiro atoms. The summed E-state index contributed by atoms with van der Waals surface area (Å²) in [5.41, 5.74) is 2.52. The second kappa shape index (κ2) is 7.59. The van der Waals surface area contributed by atoms with Gasteiger partial charge in [-0.15, -0.1) is 0 Å². The third kappa shape index (κ3) is 3.60. The number of halogens is 1. The Morgan fingerprint density at radius 1 is 1.07 bits per heavy atom. The molecule has 2 aromatic carbocycles. The fraction of sp³-hybridized carbons (Fsp3) is 0.0952. The highest BCUT2D eigenvalue weighted by Crippen LogP contribution is 2.30. The highest BCUT2D eigenvalue weighted by molar-refractivity contribution is 6.03. The molecule has 7 nitrogen and oxygen atoms in total. The first-order valence-corrected chi connectivity index (χ1v) is 8.72. The van der Waals surface area contributed by atoms with Gasteiger partial charge in [0.1, 0.15) is 17.2 Å². The summed E-state index contributed by atoms with van der Waals surface area (Å²) in [5.74, 6) is 0.348. The van der Waals surface area contributed by atoms with Gasteiger partial charge in [-0.2, -0.15) is 0 Å². The maximum atomic E-state index is 13.2. The second-order valence-corrected chi connectivity index (χ2v) is 6.16. The van der Waals surface area contributed by atoms with Crippen LogP contribution < -0.4 is 14.8 Å². The van der Waals surface area contributed by atoms with Gasteiger partial charge in [-0.05, 0) is 36.4 Å². The van der Waals surface area contributed by atoms with E-state index in [0.717, 1.165) is 0 Å². The van der Waals surface area contributed by atoms with Crippen LogP contribution in [0.15, 0.2) is 61.1 Å². The van der Waals surface area contributed by atoms with Crippen molar-refractivity contribution in [2.75, 3.05) is 19.5 Å². The van der Waals surface area contributed by atoms with E-state index in [1.807, 2.05) is 0 Å². The Kier molecular flexibility index (Phi) is 4.82. The minimum absolute atomic E-state index is 0.219. The fourth-order valence-electron chi connectivity index (χ4n) is 2.95. The van der Waals surface area contributed by atoms with Crippen molar-refractivity contribution in [1.82, 2.24) is 14.4 Å². The summed E-state index contributed by atoms with van der Waals surface area (Å²) in [4.78, 5) is 21.5. The number of ether oxygens (including phenoxy) is 2. The van der Waals surface area contributed by atoms with Crippen LogP contribution in [0, 0.1) is 5.82 Å². The van der Waals surface area contributed by atoms with Crippen molar-refractivity contribution in [1.29, 1.82) is 0 Å². The molecular weight excluding hydrogens is 375 g/mol. The van der Waals surface area contributed by atoms with Crippen LogP contribution in [-0.2, 0) is 0 Å². The maximum absolute atomic E-state index is 13.2. The number of hydrogen-bond donors (Lipinski definition) is 1. The summed E-state index contributed by atoms with van der Waals surface area (Å²) in [7, 11) is 3.06. The number of nitrogens with one attached hydrogen (secondary N) is 1. The normalized spacial score (nSPS) is 10.7. The van der Waals surface area contributed by atoms with Gasteiger partial charge in [0.25, 0.3) is 5.91 Å². The maximum Gasteiger partial charge on any atom is 0.275 e. The molecule has 2 heterocycles. The number of aromatic nitrogens is 3. The minimum Gasteiger partial charge on any atom is -0.493 e. The third-order valence-corrected chi connectivity index (χ3v) is 4.37. The topological polar surface area (TPSA) is 77.8 Å². The zero-order valence-electron chi connectivity index (χ0n) is 15.7. The highest BCUT2D eigenvalue weighted by atomic mass is 19.1. The number of fused-ring (bicyclic) bond motifs is 1. The number of carbonyl (C=O) groups is 1. The van der Waals surface area contributed by atoms with Gasteiger partial charge < -0.3 is 19.2 Å². The second-order valence-electron chi connectivity index (χ2n) is 6.16. The highest BCUT2D eigenvalue weighted by Gasteiger charge is 2.16. The largest absolute Gasteiger partial charge is 0.493 e. The van der Waals surface area contributed by atoms with Crippen molar-refractivity contribution in [3.8, 4) is 22.8 Å².